The SMILES string of the molecule is CCOC(=O)C(C)c1ccc(-c2ccc(-c3onc(C)c3NC(=O)O[C@H](C)c3ccccc3Cl)cc2)cc1. The van der Waals surface area contributed by atoms with Crippen LogP contribution in [0.1, 0.15) is 49.6 Å². The van der Waals surface area contributed by atoms with Crippen LogP contribution in [0.15, 0.2) is 77.3 Å². The molecule has 1 aromatic heterocycles. The van der Waals surface area contributed by atoms with Crippen molar-refractivity contribution < 1.29 is 23.6 Å². The van der Waals surface area contributed by atoms with Crippen LogP contribution in [0.2, 0.25) is 5.02 Å². The first-order chi connectivity index (χ1) is 18.3. The normalized spacial score (nSPS) is 12.4. The van der Waals surface area contributed by atoms with Crippen molar-refractivity contribution in [1.82, 2.24) is 5.16 Å². The Morgan fingerprint density at radius 1 is 0.947 bits per heavy atom. The van der Waals surface area contributed by atoms with E-state index in [-0.39, 0.29) is 11.9 Å². The topological polar surface area (TPSA) is 90.7 Å². The summed E-state index contributed by atoms with van der Waals surface area (Å²) in [6, 6.07) is 22.7. The molecule has 0 saturated carbocycles. The number of amides is 1. The third kappa shape index (κ3) is 6.06. The van der Waals surface area contributed by atoms with E-state index in [9.17, 15) is 9.59 Å². The average Bonchev–Trinajstić information content (AvgIpc) is 3.28. The quantitative estimate of drug-likeness (QED) is 0.231. The molecule has 38 heavy (non-hydrogen) atoms. The zero-order valence-electron chi connectivity index (χ0n) is 21.7. The molecule has 4 aromatic rings. The Morgan fingerprint density at radius 2 is 1.55 bits per heavy atom. The number of esters is 1. The van der Waals surface area contributed by atoms with Crippen molar-refractivity contribution in [2.75, 3.05) is 11.9 Å². The summed E-state index contributed by atoms with van der Waals surface area (Å²) in [6.07, 6.45) is -1.18. The number of rotatable bonds is 8. The predicted octanol–water partition coefficient (Wildman–Crippen LogP) is 7.95. The van der Waals surface area contributed by atoms with E-state index in [1.807, 2.05) is 73.7 Å². The van der Waals surface area contributed by atoms with Gasteiger partial charge in [0, 0.05) is 16.1 Å². The number of anilines is 1. The number of nitrogens with one attached hydrogen (secondary N) is 1. The highest BCUT2D eigenvalue weighted by molar-refractivity contribution is 6.31. The van der Waals surface area contributed by atoms with E-state index >= 15 is 0 Å². The number of nitrogens with zero attached hydrogens (tertiary/aromatic N) is 1. The maximum Gasteiger partial charge on any atom is 0.412 e. The second-order valence-corrected chi connectivity index (χ2v) is 9.25. The average molecular weight is 533 g/mol. The second kappa shape index (κ2) is 12.0. The molecule has 0 aliphatic rings. The fraction of sp³-hybridized carbons (Fsp3) is 0.233. The molecule has 196 valence electrons. The van der Waals surface area contributed by atoms with E-state index in [1.54, 1.807) is 26.8 Å². The molecular weight excluding hydrogens is 504 g/mol. The molecule has 0 saturated heterocycles. The summed E-state index contributed by atoms with van der Waals surface area (Å²) in [7, 11) is 0. The number of carbonyl (C=O) groups excluding carboxylic acids is 2. The molecule has 0 fully saturated rings. The van der Waals surface area contributed by atoms with Crippen LogP contribution in [0.25, 0.3) is 22.5 Å². The van der Waals surface area contributed by atoms with Gasteiger partial charge in [0.1, 0.15) is 17.5 Å². The molecular formula is C30H29ClN2O5. The number of benzene rings is 3. The van der Waals surface area contributed by atoms with Gasteiger partial charge in [-0.1, -0.05) is 83.5 Å². The Kier molecular flexibility index (Phi) is 8.48. The summed E-state index contributed by atoms with van der Waals surface area (Å²) < 4.78 is 16.2. The third-order valence-electron chi connectivity index (χ3n) is 6.25. The largest absolute Gasteiger partial charge is 0.466 e. The molecule has 0 aliphatic carbocycles. The van der Waals surface area contributed by atoms with Crippen LogP contribution in [0, 0.1) is 6.92 Å². The van der Waals surface area contributed by atoms with Gasteiger partial charge < -0.3 is 14.0 Å². The molecule has 7 nitrogen and oxygen atoms in total. The van der Waals surface area contributed by atoms with E-state index in [0.29, 0.717) is 34.3 Å². The van der Waals surface area contributed by atoms with Gasteiger partial charge >= 0.3 is 12.1 Å². The molecule has 0 aliphatic heterocycles. The van der Waals surface area contributed by atoms with Crippen LogP contribution in [0.5, 0.6) is 0 Å². The minimum Gasteiger partial charge on any atom is -0.466 e. The van der Waals surface area contributed by atoms with Crippen LogP contribution >= 0.6 is 11.6 Å². The Labute approximate surface area is 226 Å². The zero-order chi connectivity index (χ0) is 27.2. The summed E-state index contributed by atoms with van der Waals surface area (Å²) in [4.78, 5) is 24.7. The molecule has 1 heterocycles. The zero-order valence-corrected chi connectivity index (χ0v) is 22.4. The Balaban J connectivity index is 1.47. The fourth-order valence-electron chi connectivity index (χ4n) is 4.06. The molecule has 0 bridgehead atoms. The van der Waals surface area contributed by atoms with Gasteiger partial charge in [-0.25, -0.2) is 4.79 Å². The molecule has 0 radical (unpaired) electrons. The van der Waals surface area contributed by atoms with E-state index in [0.717, 1.165) is 22.3 Å². The van der Waals surface area contributed by atoms with E-state index in [2.05, 4.69) is 10.5 Å². The Bertz CT molecular complexity index is 1410. The standard InChI is InChI=1S/C30H29ClN2O5/c1-5-36-29(34)18(2)21-10-12-22(13-11-21)23-14-16-24(17-15-23)28-27(19(3)33-38-28)32-30(35)37-20(4)25-8-6-7-9-26(25)31/h6-18,20H,5H2,1-4H3,(H,32,35)/t18?,20-/m1/s1. The number of hydrogen-bond acceptors (Lipinski definition) is 6. The highest BCUT2D eigenvalue weighted by Gasteiger charge is 2.21. The summed E-state index contributed by atoms with van der Waals surface area (Å²) in [5.74, 6) is -0.139. The van der Waals surface area contributed by atoms with Crippen molar-refractivity contribution in [3.05, 3.63) is 94.6 Å². The van der Waals surface area contributed by atoms with Gasteiger partial charge in [0.25, 0.3) is 0 Å². The summed E-state index contributed by atoms with van der Waals surface area (Å²) in [6.45, 7) is 7.49. The van der Waals surface area contributed by atoms with Gasteiger partial charge in [-0.15, -0.1) is 0 Å². The number of aryl methyl sites for hydroxylation is 1. The van der Waals surface area contributed by atoms with Gasteiger partial charge in [-0.2, -0.15) is 0 Å². The first-order valence-electron chi connectivity index (χ1n) is 12.3. The number of halogens is 1. The molecule has 1 unspecified atom stereocenters. The molecule has 1 amide bonds. The van der Waals surface area contributed by atoms with Crippen molar-refractivity contribution in [1.29, 1.82) is 0 Å². The number of aromatic nitrogens is 1. The Morgan fingerprint density at radius 3 is 2.18 bits per heavy atom. The smallest absolute Gasteiger partial charge is 0.412 e. The van der Waals surface area contributed by atoms with Crippen molar-refractivity contribution in [3.8, 4) is 22.5 Å². The van der Waals surface area contributed by atoms with Crippen molar-refractivity contribution >= 4 is 29.4 Å². The molecule has 8 heteroatoms. The molecule has 4 rings (SSSR count). The number of ether oxygens (including phenoxy) is 2. The third-order valence-corrected chi connectivity index (χ3v) is 6.59. The van der Waals surface area contributed by atoms with Crippen LogP contribution in [-0.4, -0.2) is 23.8 Å². The maximum absolute atomic E-state index is 12.7. The summed E-state index contributed by atoms with van der Waals surface area (Å²) >= 11 is 6.22. The molecule has 0 spiro atoms. The van der Waals surface area contributed by atoms with Crippen LogP contribution in [-0.2, 0) is 14.3 Å². The first-order valence-corrected chi connectivity index (χ1v) is 12.7. The number of hydrogen-bond donors (Lipinski definition) is 1. The fourth-order valence-corrected chi connectivity index (χ4v) is 4.35. The van der Waals surface area contributed by atoms with Gasteiger partial charge in [-0.3, -0.25) is 10.1 Å². The van der Waals surface area contributed by atoms with Crippen LogP contribution in [0.4, 0.5) is 10.5 Å². The van der Waals surface area contributed by atoms with Gasteiger partial charge in [-0.05, 0) is 50.5 Å². The highest BCUT2D eigenvalue weighted by Crippen LogP contribution is 2.33. The molecule has 3 aromatic carbocycles. The van der Waals surface area contributed by atoms with E-state index < -0.39 is 12.2 Å². The summed E-state index contributed by atoms with van der Waals surface area (Å²) in [5, 5.41) is 7.31. The lowest BCUT2D eigenvalue weighted by atomic mass is 9.97. The van der Waals surface area contributed by atoms with Crippen molar-refractivity contribution in [3.63, 3.8) is 0 Å². The Hall–Kier alpha value is -4.10. The van der Waals surface area contributed by atoms with E-state index in [1.165, 1.54) is 0 Å². The van der Waals surface area contributed by atoms with Gasteiger partial charge in [0.05, 0.1) is 12.5 Å². The van der Waals surface area contributed by atoms with Crippen LogP contribution < -0.4 is 5.32 Å². The van der Waals surface area contributed by atoms with E-state index in [4.69, 9.17) is 25.6 Å². The molecule has 1 N–H and O–H groups in total. The highest BCUT2D eigenvalue weighted by atomic mass is 35.5. The van der Waals surface area contributed by atoms with Crippen molar-refractivity contribution in [2.45, 2.75) is 39.7 Å². The lowest BCUT2D eigenvalue weighted by Crippen LogP contribution is -2.17. The lowest BCUT2D eigenvalue weighted by molar-refractivity contribution is -0.144. The maximum atomic E-state index is 12.7. The first kappa shape index (κ1) is 26.9. The number of carbonyl (C=O) groups is 2. The van der Waals surface area contributed by atoms with Crippen LogP contribution in [0.3, 0.4) is 0 Å². The second-order valence-electron chi connectivity index (χ2n) is 8.84. The molecule has 2 atom stereocenters. The van der Waals surface area contributed by atoms with Gasteiger partial charge in [0.2, 0.25) is 0 Å². The van der Waals surface area contributed by atoms with Crippen molar-refractivity contribution in [2.24, 2.45) is 0 Å². The predicted molar refractivity (Wildman–Crippen MR) is 147 cm³/mol. The lowest BCUT2D eigenvalue weighted by Gasteiger charge is -2.15. The monoisotopic (exact) mass is 532 g/mol. The minimum absolute atomic E-state index is 0.237. The minimum atomic E-state index is -0.640. The van der Waals surface area contributed by atoms with Gasteiger partial charge in [0.15, 0.2) is 5.76 Å². The summed E-state index contributed by atoms with van der Waals surface area (Å²) in [5.41, 5.74) is 5.31.